The number of nitrogen functional groups attached to an aromatic ring is 1. The fourth-order valence-electron chi connectivity index (χ4n) is 1.38. The summed E-state index contributed by atoms with van der Waals surface area (Å²) >= 11 is 6.47. The molecule has 0 saturated carbocycles. The monoisotopic (exact) mass is 402 g/mol. The van der Waals surface area contributed by atoms with E-state index in [9.17, 15) is 10.1 Å². The van der Waals surface area contributed by atoms with Crippen LogP contribution in [-0.4, -0.2) is 14.9 Å². The van der Waals surface area contributed by atoms with Crippen LogP contribution in [0.2, 0.25) is 0 Å². The molecule has 0 fully saturated rings. The summed E-state index contributed by atoms with van der Waals surface area (Å²) in [5.41, 5.74) is 5.99. The van der Waals surface area contributed by atoms with Crippen LogP contribution in [0.4, 0.5) is 11.5 Å². The molecule has 1 aromatic heterocycles. The SMILES string of the molecule is Nc1cnc(COc2c(Br)cc([N+](=O)[O-])cc2Br)cn1. The lowest BCUT2D eigenvalue weighted by molar-refractivity contribution is -0.385. The van der Waals surface area contributed by atoms with Gasteiger partial charge in [0.05, 0.1) is 32.0 Å². The summed E-state index contributed by atoms with van der Waals surface area (Å²) in [6.45, 7) is 0.169. The van der Waals surface area contributed by atoms with Gasteiger partial charge < -0.3 is 10.5 Å². The molecule has 0 aliphatic carbocycles. The third-order valence-corrected chi connectivity index (χ3v) is 3.46. The van der Waals surface area contributed by atoms with E-state index in [1.54, 1.807) is 0 Å². The van der Waals surface area contributed by atoms with Crippen molar-refractivity contribution in [2.24, 2.45) is 0 Å². The Morgan fingerprint density at radius 1 is 1.25 bits per heavy atom. The van der Waals surface area contributed by atoms with E-state index >= 15 is 0 Å². The number of nitro benzene ring substituents is 1. The molecule has 0 unspecified atom stereocenters. The van der Waals surface area contributed by atoms with Crippen LogP contribution in [0.1, 0.15) is 5.69 Å². The zero-order valence-corrected chi connectivity index (χ0v) is 13.1. The fraction of sp³-hybridized carbons (Fsp3) is 0.0909. The molecule has 104 valence electrons. The van der Waals surface area contributed by atoms with Gasteiger partial charge >= 0.3 is 0 Å². The van der Waals surface area contributed by atoms with Gasteiger partial charge in [-0.15, -0.1) is 0 Å². The van der Waals surface area contributed by atoms with Gasteiger partial charge in [0.15, 0.2) is 0 Å². The van der Waals surface area contributed by atoms with Gasteiger partial charge in [-0.05, 0) is 31.9 Å². The lowest BCUT2D eigenvalue weighted by Gasteiger charge is -2.09. The second-order valence-corrected chi connectivity index (χ2v) is 5.43. The van der Waals surface area contributed by atoms with E-state index in [0.29, 0.717) is 26.2 Å². The number of nitrogens with zero attached hydrogens (tertiary/aromatic N) is 3. The third-order valence-electron chi connectivity index (χ3n) is 2.28. The summed E-state index contributed by atoms with van der Waals surface area (Å²) in [5.74, 6) is 0.778. The largest absolute Gasteiger partial charge is 0.485 e. The van der Waals surface area contributed by atoms with Crippen molar-refractivity contribution in [3.8, 4) is 5.75 Å². The van der Waals surface area contributed by atoms with E-state index in [0.717, 1.165) is 0 Å². The molecule has 2 N–H and O–H groups in total. The average Bonchev–Trinajstić information content (AvgIpc) is 2.39. The van der Waals surface area contributed by atoms with Gasteiger partial charge in [0.1, 0.15) is 18.2 Å². The summed E-state index contributed by atoms with van der Waals surface area (Å²) in [4.78, 5) is 18.2. The van der Waals surface area contributed by atoms with Crippen LogP contribution < -0.4 is 10.5 Å². The molecule has 0 aliphatic rings. The van der Waals surface area contributed by atoms with Crippen LogP contribution in [0.25, 0.3) is 0 Å². The van der Waals surface area contributed by atoms with E-state index in [2.05, 4.69) is 41.8 Å². The van der Waals surface area contributed by atoms with Gasteiger partial charge in [-0.25, -0.2) is 4.98 Å². The van der Waals surface area contributed by atoms with E-state index < -0.39 is 4.92 Å². The van der Waals surface area contributed by atoms with Crippen molar-refractivity contribution in [3.63, 3.8) is 0 Å². The summed E-state index contributed by atoms with van der Waals surface area (Å²) in [7, 11) is 0. The highest BCUT2D eigenvalue weighted by Crippen LogP contribution is 2.37. The molecule has 0 bridgehead atoms. The number of aromatic nitrogens is 2. The molecule has 0 amide bonds. The van der Waals surface area contributed by atoms with Crippen LogP contribution in [0.15, 0.2) is 33.5 Å². The average molecular weight is 404 g/mol. The number of benzene rings is 1. The molecule has 2 aromatic rings. The van der Waals surface area contributed by atoms with Crippen LogP contribution in [0.5, 0.6) is 5.75 Å². The van der Waals surface area contributed by atoms with Gasteiger partial charge in [0.2, 0.25) is 0 Å². The Morgan fingerprint density at radius 2 is 1.90 bits per heavy atom. The molecule has 0 atom stereocenters. The molecule has 20 heavy (non-hydrogen) atoms. The molecule has 0 saturated heterocycles. The zero-order valence-electron chi connectivity index (χ0n) is 9.92. The number of ether oxygens (including phenoxy) is 1. The second-order valence-electron chi connectivity index (χ2n) is 3.72. The molecule has 0 spiro atoms. The molecule has 9 heteroatoms. The first-order valence-electron chi connectivity index (χ1n) is 5.30. The quantitative estimate of drug-likeness (QED) is 0.621. The number of rotatable bonds is 4. The van der Waals surface area contributed by atoms with Crippen LogP contribution >= 0.6 is 31.9 Å². The van der Waals surface area contributed by atoms with Crippen LogP contribution in [0, 0.1) is 10.1 Å². The molecule has 2 rings (SSSR count). The lowest BCUT2D eigenvalue weighted by Crippen LogP contribution is -2.02. The minimum absolute atomic E-state index is 0.0385. The van der Waals surface area contributed by atoms with Crippen LogP contribution in [-0.2, 0) is 6.61 Å². The van der Waals surface area contributed by atoms with Crippen molar-refractivity contribution in [1.29, 1.82) is 0 Å². The third kappa shape index (κ3) is 3.42. The highest BCUT2D eigenvalue weighted by Gasteiger charge is 2.15. The number of hydrogen-bond acceptors (Lipinski definition) is 6. The first-order valence-corrected chi connectivity index (χ1v) is 6.88. The van der Waals surface area contributed by atoms with E-state index in [1.807, 2.05) is 0 Å². The number of nitro groups is 1. The van der Waals surface area contributed by atoms with E-state index in [4.69, 9.17) is 10.5 Å². The van der Waals surface area contributed by atoms with Gasteiger partial charge in [-0.2, -0.15) is 0 Å². The van der Waals surface area contributed by atoms with Crippen molar-refractivity contribution in [2.45, 2.75) is 6.61 Å². The highest BCUT2D eigenvalue weighted by atomic mass is 79.9. The van der Waals surface area contributed by atoms with Crippen molar-refractivity contribution in [1.82, 2.24) is 9.97 Å². The number of nitrogens with two attached hydrogens (primary N) is 1. The maximum atomic E-state index is 10.7. The summed E-state index contributed by atoms with van der Waals surface area (Å²) < 4.78 is 6.52. The minimum Gasteiger partial charge on any atom is -0.485 e. The van der Waals surface area contributed by atoms with Gasteiger partial charge in [0, 0.05) is 12.1 Å². The highest BCUT2D eigenvalue weighted by molar-refractivity contribution is 9.11. The predicted molar refractivity (Wildman–Crippen MR) is 79.3 cm³/mol. The maximum Gasteiger partial charge on any atom is 0.271 e. The van der Waals surface area contributed by atoms with Gasteiger partial charge in [-0.3, -0.25) is 15.1 Å². The molecule has 7 nitrogen and oxygen atoms in total. The van der Waals surface area contributed by atoms with Crippen LogP contribution in [0.3, 0.4) is 0 Å². The molecular formula is C11H8Br2N4O3. The molecule has 0 aliphatic heterocycles. The van der Waals surface area contributed by atoms with Gasteiger partial charge in [0.25, 0.3) is 5.69 Å². The zero-order chi connectivity index (χ0) is 14.7. The Kier molecular flexibility index (Phi) is 4.50. The summed E-state index contributed by atoms with van der Waals surface area (Å²) in [5, 5.41) is 10.7. The first kappa shape index (κ1) is 14.7. The van der Waals surface area contributed by atoms with E-state index in [1.165, 1.54) is 24.5 Å². The second kappa shape index (κ2) is 6.14. The minimum atomic E-state index is -0.481. The Balaban J connectivity index is 2.17. The Labute approximate surface area is 130 Å². The van der Waals surface area contributed by atoms with Crippen molar-refractivity contribution < 1.29 is 9.66 Å². The number of halogens is 2. The maximum absolute atomic E-state index is 10.7. The normalized spacial score (nSPS) is 10.3. The standard InChI is InChI=1S/C11H8Br2N4O3/c12-8-1-7(17(18)19)2-9(13)11(8)20-5-6-3-16-10(14)4-15-6/h1-4H,5H2,(H2,14,16). The number of hydrogen-bond donors (Lipinski definition) is 1. The Hall–Kier alpha value is -1.74. The fourth-order valence-corrected chi connectivity index (χ4v) is 2.77. The van der Waals surface area contributed by atoms with Crippen molar-refractivity contribution in [2.75, 3.05) is 5.73 Å². The Morgan fingerprint density at radius 3 is 2.40 bits per heavy atom. The first-order chi connectivity index (χ1) is 9.47. The Bertz CT molecular complexity index is 626. The molecule has 0 radical (unpaired) electrons. The van der Waals surface area contributed by atoms with E-state index in [-0.39, 0.29) is 12.3 Å². The predicted octanol–water partition coefficient (Wildman–Crippen LogP) is 3.07. The topological polar surface area (TPSA) is 104 Å². The number of anilines is 1. The number of non-ortho nitro benzene ring substituents is 1. The van der Waals surface area contributed by atoms with Gasteiger partial charge in [-0.1, -0.05) is 0 Å². The molecule has 1 aromatic carbocycles. The lowest BCUT2D eigenvalue weighted by atomic mass is 10.3. The molecule has 1 heterocycles. The van der Waals surface area contributed by atoms with Crippen molar-refractivity contribution >= 4 is 43.4 Å². The smallest absolute Gasteiger partial charge is 0.271 e. The summed E-state index contributed by atoms with van der Waals surface area (Å²) in [6, 6.07) is 2.74. The molecular weight excluding hydrogens is 396 g/mol. The summed E-state index contributed by atoms with van der Waals surface area (Å²) in [6.07, 6.45) is 2.93. The van der Waals surface area contributed by atoms with Crippen molar-refractivity contribution in [3.05, 3.63) is 49.3 Å².